The number of ether oxygens (including phenoxy) is 1. The molecule has 0 radical (unpaired) electrons. The van der Waals surface area contributed by atoms with Crippen LogP contribution in [0.4, 0.5) is 0 Å². The third-order valence-corrected chi connectivity index (χ3v) is 4.39. The Balaban J connectivity index is 1.60. The zero-order valence-corrected chi connectivity index (χ0v) is 12.3. The second-order valence-corrected chi connectivity index (χ2v) is 6.89. The quantitative estimate of drug-likeness (QED) is 0.819. The van der Waals surface area contributed by atoms with Gasteiger partial charge in [0.2, 0.25) is 0 Å². The van der Waals surface area contributed by atoms with Crippen molar-refractivity contribution in [1.82, 2.24) is 14.7 Å². The van der Waals surface area contributed by atoms with Gasteiger partial charge in [-0.1, -0.05) is 20.8 Å². The molecule has 0 atom stereocenters. The molecule has 106 valence electrons. The highest BCUT2D eigenvalue weighted by atomic mass is 16.5. The van der Waals surface area contributed by atoms with Gasteiger partial charge in [0, 0.05) is 24.7 Å². The highest BCUT2D eigenvalue weighted by Crippen LogP contribution is 2.27. The molecule has 1 aromatic rings. The van der Waals surface area contributed by atoms with E-state index in [0.717, 1.165) is 13.2 Å². The third kappa shape index (κ3) is 2.70. The molecule has 3 rings (SSSR count). The molecule has 0 bridgehead atoms. The molecule has 0 unspecified atom stereocenters. The van der Waals surface area contributed by atoms with E-state index in [1.165, 1.54) is 31.6 Å². The molecule has 0 amide bonds. The van der Waals surface area contributed by atoms with Gasteiger partial charge in [0.25, 0.3) is 0 Å². The molecule has 0 N–H and O–H groups in total. The molecule has 2 aliphatic heterocycles. The summed E-state index contributed by atoms with van der Waals surface area (Å²) in [6.07, 6.45) is 4.58. The molecule has 0 spiro atoms. The predicted octanol–water partition coefficient (Wildman–Crippen LogP) is 2.22. The number of likely N-dealkylation sites (tertiary alicyclic amines) is 1. The van der Waals surface area contributed by atoms with Crippen molar-refractivity contribution in [2.75, 3.05) is 26.3 Å². The minimum atomic E-state index is 0.148. The van der Waals surface area contributed by atoms with E-state index in [-0.39, 0.29) is 5.41 Å². The topological polar surface area (TPSA) is 30.3 Å². The Morgan fingerprint density at radius 3 is 2.32 bits per heavy atom. The summed E-state index contributed by atoms with van der Waals surface area (Å²) < 4.78 is 7.47. The number of piperidine rings is 1. The molecule has 4 nitrogen and oxygen atoms in total. The van der Waals surface area contributed by atoms with Crippen LogP contribution in [0.25, 0.3) is 0 Å². The fourth-order valence-electron chi connectivity index (χ4n) is 2.89. The van der Waals surface area contributed by atoms with Gasteiger partial charge in [-0.25, -0.2) is 0 Å². The summed E-state index contributed by atoms with van der Waals surface area (Å²) in [5.41, 5.74) is 1.34. The van der Waals surface area contributed by atoms with Gasteiger partial charge in [0.05, 0.1) is 31.0 Å². The molecule has 19 heavy (non-hydrogen) atoms. The zero-order chi connectivity index (χ0) is 13.5. The molecule has 0 saturated carbocycles. The van der Waals surface area contributed by atoms with Crippen LogP contribution in [0.2, 0.25) is 0 Å². The molecule has 1 aromatic heterocycles. The normalized spacial score (nSPS) is 23.5. The van der Waals surface area contributed by atoms with Crippen molar-refractivity contribution >= 4 is 0 Å². The first-order valence-electron chi connectivity index (χ1n) is 7.41. The smallest absolute Gasteiger partial charge is 0.0678 e. The average molecular weight is 263 g/mol. The van der Waals surface area contributed by atoms with Crippen molar-refractivity contribution in [3.63, 3.8) is 0 Å². The second kappa shape index (κ2) is 4.91. The standard InChI is InChI=1S/C15H25N3O/c1-15(2,3)14-6-9-18(16-14)12-4-7-17(8-5-12)13-10-19-11-13/h6,9,12-13H,4-5,7-8,10-11H2,1-3H3. The van der Waals surface area contributed by atoms with E-state index in [1.807, 2.05) is 0 Å². The van der Waals surface area contributed by atoms with Crippen molar-refractivity contribution in [3.05, 3.63) is 18.0 Å². The lowest BCUT2D eigenvalue weighted by molar-refractivity contribution is -0.0734. The van der Waals surface area contributed by atoms with Gasteiger partial charge in [-0.05, 0) is 18.9 Å². The van der Waals surface area contributed by atoms with Gasteiger partial charge >= 0.3 is 0 Å². The van der Waals surface area contributed by atoms with Crippen LogP contribution in [0.15, 0.2) is 12.3 Å². The van der Waals surface area contributed by atoms with Gasteiger partial charge in [0.15, 0.2) is 0 Å². The SMILES string of the molecule is CC(C)(C)c1ccn(C2CCN(C3COC3)CC2)n1. The number of hydrogen-bond acceptors (Lipinski definition) is 3. The Morgan fingerprint density at radius 2 is 1.84 bits per heavy atom. The van der Waals surface area contributed by atoms with E-state index in [0.29, 0.717) is 12.1 Å². The van der Waals surface area contributed by atoms with Crippen LogP contribution >= 0.6 is 0 Å². The summed E-state index contributed by atoms with van der Waals surface area (Å²) in [5.74, 6) is 0. The number of aromatic nitrogens is 2. The van der Waals surface area contributed by atoms with Crippen molar-refractivity contribution in [2.45, 2.75) is 51.1 Å². The lowest BCUT2D eigenvalue weighted by Gasteiger charge is -2.41. The van der Waals surface area contributed by atoms with Crippen molar-refractivity contribution in [1.29, 1.82) is 0 Å². The second-order valence-electron chi connectivity index (χ2n) is 6.89. The molecular weight excluding hydrogens is 238 g/mol. The van der Waals surface area contributed by atoms with Crippen LogP contribution in [-0.2, 0) is 10.2 Å². The van der Waals surface area contributed by atoms with E-state index < -0.39 is 0 Å². The lowest BCUT2D eigenvalue weighted by atomic mass is 9.93. The maximum Gasteiger partial charge on any atom is 0.0678 e. The van der Waals surface area contributed by atoms with Crippen LogP contribution < -0.4 is 0 Å². The van der Waals surface area contributed by atoms with Crippen LogP contribution in [0, 0.1) is 0 Å². The highest BCUT2D eigenvalue weighted by molar-refractivity contribution is 5.10. The molecule has 2 fully saturated rings. The third-order valence-electron chi connectivity index (χ3n) is 4.39. The summed E-state index contributed by atoms with van der Waals surface area (Å²) in [4.78, 5) is 2.58. The Morgan fingerprint density at radius 1 is 1.16 bits per heavy atom. The Labute approximate surface area is 115 Å². The van der Waals surface area contributed by atoms with Gasteiger partial charge in [-0.15, -0.1) is 0 Å². The summed E-state index contributed by atoms with van der Waals surface area (Å²) in [6.45, 7) is 10.9. The largest absolute Gasteiger partial charge is 0.378 e. The van der Waals surface area contributed by atoms with Gasteiger partial charge in [0.1, 0.15) is 0 Å². The summed E-state index contributed by atoms with van der Waals surface area (Å²) >= 11 is 0. The predicted molar refractivity (Wildman–Crippen MR) is 75.4 cm³/mol. The highest BCUT2D eigenvalue weighted by Gasteiger charge is 2.30. The van der Waals surface area contributed by atoms with Gasteiger partial charge < -0.3 is 4.74 Å². The van der Waals surface area contributed by atoms with Gasteiger partial charge in [-0.3, -0.25) is 9.58 Å². The maximum atomic E-state index is 5.28. The fourth-order valence-corrected chi connectivity index (χ4v) is 2.89. The number of nitrogens with zero attached hydrogens (tertiary/aromatic N) is 3. The lowest BCUT2D eigenvalue weighted by Crippen LogP contribution is -2.51. The monoisotopic (exact) mass is 263 g/mol. The molecule has 0 aliphatic carbocycles. The minimum absolute atomic E-state index is 0.148. The van der Waals surface area contributed by atoms with Crippen molar-refractivity contribution < 1.29 is 4.74 Å². The molecular formula is C15H25N3O. The Kier molecular flexibility index (Phi) is 3.39. The Bertz CT molecular complexity index is 423. The van der Waals surface area contributed by atoms with E-state index in [2.05, 4.69) is 42.6 Å². The van der Waals surface area contributed by atoms with E-state index in [1.54, 1.807) is 0 Å². The van der Waals surface area contributed by atoms with E-state index in [4.69, 9.17) is 9.84 Å². The summed E-state index contributed by atoms with van der Waals surface area (Å²) in [6, 6.07) is 3.43. The molecule has 4 heteroatoms. The first-order chi connectivity index (χ1) is 9.04. The molecule has 0 aromatic carbocycles. The van der Waals surface area contributed by atoms with Crippen LogP contribution in [0.1, 0.15) is 45.3 Å². The van der Waals surface area contributed by atoms with Crippen molar-refractivity contribution in [3.8, 4) is 0 Å². The Hall–Kier alpha value is -0.870. The molecule has 2 aliphatic rings. The summed E-state index contributed by atoms with van der Waals surface area (Å²) in [5, 5.41) is 4.78. The zero-order valence-electron chi connectivity index (χ0n) is 12.3. The fraction of sp³-hybridized carbons (Fsp3) is 0.800. The van der Waals surface area contributed by atoms with Crippen LogP contribution in [0.5, 0.6) is 0 Å². The van der Waals surface area contributed by atoms with Crippen LogP contribution in [-0.4, -0.2) is 47.0 Å². The number of rotatable bonds is 2. The molecule has 2 saturated heterocycles. The van der Waals surface area contributed by atoms with Gasteiger partial charge in [-0.2, -0.15) is 5.10 Å². The van der Waals surface area contributed by atoms with Crippen molar-refractivity contribution in [2.24, 2.45) is 0 Å². The maximum absolute atomic E-state index is 5.28. The van der Waals surface area contributed by atoms with Crippen LogP contribution in [0.3, 0.4) is 0 Å². The summed E-state index contributed by atoms with van der Waals surface area (Å²) in [7, 11) is 0. The molecule has 3 heterocycles. The van der Waals surface area contributed by atoms with E-state index >= 15 is 0 Å². The average Bonchev–Trinajstić information content (AvgIpc) is 2.76. The minimum Gasteiger partial charge on any atom is -0.378 e. The first-order valence-corrected chi connectivity index (χ1v) is 7.41. The van der Waals surface area contributed by atoms with E-state index in [9.17, 15) is 0 Å². The first kappa shape index (κ1) is 13.1. The number of hydrogen-bond donors (Lipinski definition) is 0.